The van der Waals surface area contributed by atoms with E-state index >= 15 is 0 Å². The average Bonchev–Trinajstić information content (AvgIpc) is 3.21. The number of hydrogen-bond acceptors (Lipinski definition) is 7. The summed E-state index contributed by atoms with van der Waals surface area (Å²) < 4.78 is 45.1. The summed E-state index contributed by atoms with van der Waals surface area (Å²) in [5, 5.41) is 13.4. The first-order valence-electron chi connectivity index (χ1n) is 10.7. The maximum absolute atomic E-state index is 13.1. The van der Waals surface area contributed by atoms with Gasteiger partial charge >= 0.3 is 12.1 Å². The lowest BCUT2D eigenvalue weighted by Gasteiger charge is -2.31. The molecule has 180 valence electrons. The molecule has 0 bridgehead atoms. The number of piperidine rings is 1. The van der Waals surface area contributed by atoms with E-state index in [4.69, 9.17) is 4.74 Å². The smallest absolute Gasteiger partial charge is 0.453 e. The highest BCUT2D eigenvalue weighted by atomic mass is 19.4. The fourth-order valence-corrected chi connectivity index (χ4v) is 3.97. The zero-order chi connectivity index (χ0) is 24.5. The lowest BCUT2D eigenvalue weighted by atomic mass is 9.97. The molecule has 0 spiro atoms. The standard InChI is InChI=1S/C22H23F3N6O3/c1-13-9-14(2)11-16(10-13)26-19(32)12-34-20(33)15-5-7-30(8-6-15)18-4-3-17-27-28-21(22(23,24)25)31(17)29-18/h3-4,9-11,15H,5-8,12H2,1-2H3,(H,26,32). The minimum absolute atomic E-state index is 0.00589. The molecule has 0 atom stereocenters. The van der Waals surface area contributed by atoms with Crippen LogP contribution >= 0.6 is 0 Å². The Bertz CT molecular complexity index is 1200. The number of esters is 1. The molecular weight excluding hydrogens is 453 g/mol. The Kier molecular flexibility index (Phi) is 6.40. The third-order valence-corrected chi connectivity index (χ3v) is 5.51. The summed E-state index contributed by atoms with van der Waals surface area (Å²) in [6.07, 6.45) is -3.83. The zero-order valence-electron chi connectivity index (χ0n) is 18.6. The third-order valence-electron chi connectivity index (χ3n) is 5.51. The Hall–Kier alpha value is -3.70. The Morgan fingerprint density at radius 1 is 1.09 bits per heavy atom. The van der Waals surface area contributed by atoms with Crippen molar-refractivity contribution in [2.24, 2.45) is 5.92 Å². The Labute approximate surface area is 192 Å². The lowest BCUT2D eigenvalue weighted by molar-refractivity contribution is -0.152. The summed E-state index contributed by atoms with van der Waals surface area (Å²) in [6, 6.07) is 8.62. The largest absolute Gasteiger partial charge is 0.455 e. The molecule has 0 aliphatic carbocycles. The number of aromatic nitrogens is 4. The molecule has 3 aromatic rings. The zero-order valence-corrected chi connectivity index (χ0v) is 18.6. The Morgan fingerprint density at radius 3 is 2.41 bits per heavy atom. The number of fused-ring (bicyclic) bond motifs is 1. The topological polar surface area (TPSA) is 102 Å². The molecule has 1 aliphatic heterocycles. The van der Waals surface area contributed by atoms with Gasteiger partial charge in [0.15, 0.2) is 12.3 Å². The third kappa shape index (κ3) is 5.26. The minimum Gasteiger partial charge on any atom is -0.455 e. The van der Waals surface area contributed by atoms with Crippen LogP contribution in [0.1, 0.15) is 29.8 Å². The van der Waals surface area contributed by atoms with E-state index in [2.05, 4.69) is 20.6 Å². The van der Waals surface area contributed by atoms with Gasteiger partial charge in [-0.2, -0.15) is 17.7 Å². The van der Waals surface area contributed by atoms with Crippen LogP contribution in [0.25, 0.3) is 5.65 Å². The van der Waals surface area contributed by atoms with Crippen LogP contribution in [-0.2, 0) is 20.5 Å². The summed E-state index contributed by atoms with van der Waals surface area (Å²) >= 11 is 0. The fraction of sp³-hybridized carbons (Fsp3) is 0.409. The van der Waals surface area contributed by atoms with E-state index in [1.165, 1.54) is 6.07 Å². The van der Waals surface area contributed by atoms with Crippen molar-refractivity contribution >= 4 is 29.0 Å². The molecule has 1 aromatic carbocycles. The monoisotopic (exact) mass is 476 g/mol. The van der Waals surface area contributed by atoms with Gasteiger partial charge in [-0.1, -0.05) is 6.07 Å². The normalized spacial score (nSPS) is 14.9. The van der Waals surface area contributed by atoms with Gasteiger partial charge in [-0.15, -0.1) is 15.3 Å². The molecule has 3 heterocycles. The predicted octanol–water partition coefficient (Wildman–Crippen LogP) is 3.16. The first kappa shape index (κ1) is 23.5. The maximum atomic E-state index is 13.1. The predicted molar refractivity (Wildman–Crippen MR) is 116 cm³/mol. The molecule has 1 saturated heterocycles. The van der Waals surface area contributed by atoms with Crippen molar-refractivity contribution in [2.45, 2.75) is 32.9 Å². The molecule has 1 N–H and O–H groups in total. The molecule has 12 heteroatoms. The van der Waals surface area contributed by atoms with Crippen LogP contribution in [0.3, 0.4) is 0 Å². The van der Waals surface area contributed by atoms with Crippen LogP contribution in [0.15, 0.2) is 30.3 Å². The number of aryl methyl sites for hydroxylation is 2. The molecule has 1 aliphatic rings. The number of rotatable bonds is 5. The van der Waals surface area contributed by atoms with E-state index in [1.54, 1.807) is 11.0 Å². The van der Waals surface area contributed by atoms with Gasteiger partial charge in [-0.25, -0.2) is 0 Å². The summed E-state index contributed by atoms with van der Waals surface area (Å²) in [5.41, 5.74) is 2.64. The van der Waals surface area contributed by atoms with Crippen molar-refractivity contribution in [3.8, 4) is 0 Å². The van der Waals surface area contributed by atoms with Crippen molar-refractivity contribution in [3.05, 3.63) is 47.3 Å². The number of benzene rings is 1. The molecular formula is C22H23F3N6O3. The van der Waals surface area contributed by atoms with E-state index in [0.29, 0.717) is 42.0 Å². The molecule has 9 nitrogen and oxygen atoms in total. The summed E-state index contributed by atoms with van der Waals surface area (Å²) in [6.45, 7) is 4.25. The van der Waals surface area contributed by atoms with Gasteiger partial charge in [0.05, 0.1) is 5.92 Å². The van der Waals surface area contributed by atoms with Crippen LogP contribution in [0.2, 0.25) is 0 Å². The fourth-order valence-electron chi connectivity index (χ4n) is 3.97. The summed E-state index contributed by atoms with van der Waals surface area (Å²) in [5.74, 6) is -2.17. The molecule has 1 fully saturated rings. The number of nitrogens with zero attached hydrogens (tertiary/aromatic N) is 5. The first-order chi connectivity index (χ1) is 16.1. The van der Waals surface area contributed by atoms with Gasteiger partial charge in [0.2, 0.25) is 0 Å². The maximum Gasteiger partial charge on any atom is 0.453 e. The molecule has 0 unspecified atom stereocenters. The molecule has 1 amide bonds. The van der Waals surface area contributed by atoms with E-state index in [1.807, 2.05) is 32.0 Å². The van der Waals surface area contributed by atoms with E-state index in [0.717, 1.165) is 11.1 Å². The second-order valence-electron chi connectivity index (χ2n) is 8.28. The van der Waals surface area contributed by atoms with E-state index in [9.17, 15) is 22.8 Å². The van der Waals surface area contributed by atoms with Crippen LogP contribution in [-0.4, -0.2) is 51.4 Å². The average molecular weight is 476 g/mol. The van der Waals surface area contributed by atoms with E-state index in [-0.39, 0.29) is 5.65 Å². The quantitative estimate of drug-likeness (QED) is 0.565. The van der Waals surface area contributed by atoms with Crippen molar-refractivity contribution in [1.82, 2.24) is 19.8 Å². The number of ether oxygens (including phenoxy) is 1. The number of halogens is 3. The van der Waals surface area contributed by atoms with Crippen molar-refractivity contribution < 1.29 is 27.5 Å². The highest BCUT2D eigenvalue weighted by molar-refractivity contribution is 5.93. The Balaban J connectivity index is 1.30. The highest BCUT2D eigenvalue weighted by Crippen LogP contribution is 2.29. The van der Waals surface area contributed by atoms with Crippen molar-refractivity contribution in [1.29, 1.82) is 0 Å². The number of carbonyl (C=O) groups excluding carboxylic acids is 2. The van der Waals surface area contributed by atoms with Crippen molar-refractivity contribution in [3.63, 3.8) is 0 Å². The van der Waals surface area contributed by atoms with E-state index < -0.39 is 36.4 Å². The number of nitrogens with one attached hydrogen (secondary N) is 1. The second-order valence-corrected chi connectivity index (χ2v) is 8.28. The number of hydrogen-bond donors (Lipinski definition) is 1. The molecule has 4 rings (SSSR count). The number of carbonyl (C=O) groups is 2. The van der Waals surface area contributed by atoms with Crippen LogP contribution in [0.4, 0.5) is 24.7 Å². The SMILES string of the molecule is Cc1cc(C)cc(NC(=O)COC(=O)C2CCN(c3ccc4nnc(C(F)(F)F)n4n3)CC2)c1. The number of alkyl halides is 3. The Morgan fingerprint density at radius 2 is 1.76 bits per heavy atom. The van der Waals surface area contributed by atoms with Gasteiger partial charge in [0, 0.05) is 18.8 Å². The van der Waals surface area contributed by atoms with Gasteiger partial charge in [-0.05, 0) is 62.1 Å². The van der Waals surface area contributed by atoms with Crippen LogP contribution in [0.5, 0.6) is 0 Å². The second kappa shape index (κ2) is 9.27. The summed E-state index contributed by atoms with van der Waals surface area (Å²) in [4.78, 5) is 26.4. The van der Waals surface area contributed by atoms with Gasteiger partial charge in [0.1, 0.15) is 5.82 Å². The first-order valence-corrected chi connectivity index (χ1v) is 10.7. The number of amides is 1. The van der Waals surface area contributed by atoms with Gasteiger partial charge in [0.25, 0.3) is 11.7 Å². The minimum atomic E-state index is -4.67. The molecule has 2 aromatic heterocycles. The number of anilines is 2. The van der Waals surface area contributed by atoms with Crippen molar-refractivity contribution in [2.75, 3.05) is 29.9 Å². The van der Waals surface area contributed by atoms with Gasteiger partial charge < -0.3 is 15.0 Å². The molecule has 34 heavy (non-hydrogen) atoms. The highest BCUT2D eigenvalue weighted by Gasteiger charge is 2.38. The van der Waals surface area contributed by atoms with Crippen LogP contribution < -0.4 is 10.2 Å². The van der Waals surface area contributed by atoms with Crippen LogP contribution in [0, 0.1) is 19.8 Å². The van der Waals surface area contributed by atoms with Gasteiger partial charge in [-0.3, -0.25) is 9.59 Å². The molecule has 0 saturated carbocycles. The molecule has 0 radical (unpaired) electrons. The summed E-state index contributed by atoms with van der Waals surface area (Å²) in [7, 11) is 0. The lowest BCUT2D eigenvalue weighted by Crippen LogP contribution is -2.38.